The number of rotatable bonds is 11. The van der Waals surface area contributed by atoms with Crippen LogP contribution >= 0.6 is 0 Å². The minimum Gasteiger partial charge on any atom is -0.417 e. The molecule has 5 heteroatoms. The molecular formula is C23H48O3Si2. The van der Waals surface area contributed by atoms with E-state index in [9.17, 15) is 4.79 Å². The third-order valence-electron chi connectivity index (χ3n) is 7.13. The Morgan fingerprint density at radius 2 is 1.43 bits per heavy atom. The van der Waals surface area contributed by atoms with Crippen LogP contribution < -0.4 is 0 Å². The highest BCUT2D eigenvalue weighted by atomic mass is 28.4. The van der Waals surface area contributed by atoms with E-state index in [1.54, 1.807) is 0 Å². The second-order valence-corrected chi connectivity index (χ2v) is 21.0. The summed E-state index contributed by atoms with van der Waals surface area (Å²) in [6, 6.07) is 0. The van der Waals surface area contributed by atoms with Crippen LogP contribution in [0.15, 0.2) is 12.7 Å². The predicted octanol–water partition coefficient (Wildman–Crippen LogP) is 7.35. The van der Waals surface area contributed by atoms with Gasteiger partial charge >= 0.3 is 0 Å². The lowest BCUT2D eigenvalue weighted by Gasteiger charge is -2.45. The van der Waals surface area contributed by atoms with Crippen LogP contribution in [0, 0.1) is 5.41 Å². The smallest absolute Gasteiger partial charge is 0.192 e. The molecule has 0 bridgehead atoms. The lowest BCUT2D eigenvalue weighted by Crippen LogP contribution is -2.51. The molecule has 0 aliphatic heterocycles. The van der Waals surface area contributed by atoms with Crippen molar-refractivity contribution in [3.63, 3.8) is 0 Å². The zero-order valence-electron chi connectivity index (χ0n) is 20.9. The molecule has 0 radical (unpaired) electrons. The van der Waals surface area contributed by atoms with Gasteiger partial charge in [0.25, 0.3) is 0 Å². The van der Waals surface area contributed by atoms with E-state index in [1.165, 1.54) is 0 Å². The Labute approximate surface area is 177 Å². The van der Waals surface area contributed by atoms with E-state index < -0.39 is 22.0 Å². The SMILES string of the molecule is C=CC[C@](C)(C(=O)CC)[C@H](CCO[Si](C)(C)C(C)(C)C)O[Si](C)(C)C(C)(C)C. The van der Waals surface area contributed by atoms with E-state index in [1.807, 2.05) is 13.0 Å². The highest BCUT2D eigenvalue weighted by molar-refractivity contribution is 6.74. The second-order valence-electron chi connectivity index (χ2n) is 11.5. The predicted molar refractivity (Wildman–Crippen MR) is 128 cm³/mol. The van der Waals surface area contributed by atoms with E-state index in [2.05, 4.69) is 81.2 Å². The third kappa shape index (κ3) is 6.93. The molecule has 0 aliphatic carbocycles. The van der Waals surface area contributed by atoms with Crippen molar-refractivity contribution in [2.24, 2.45) is 5.41 Å². The van der Waals surface area contributed by atoms with Gasteiger partial charge in [-0.3, -0.25) is 4.79 Å². The van der Waals surface area contributed by atoms with E-state index >= 15 is 0 Å². The summed E-state index contributed by atoms with van der Waals surface area (Å²) in [4.78, 5) is 13.0. The van der Waals surface area contributed by atoms with Crippen molar-refractivity contribution in [2.45, 2.75) is 117 Å². The van der Waals surface area contributed by atoms with Crippen LogP contribution in [0.1, 0.15) is 74.7 Å². The maximum atomic E-state index is 13.0. The van der Waals surface area contributed by atoms with Gasteiger partial charge < -0.3 is 8.85 Å². The standard InChI is InChI=1S/C23H48O3Si2/c1-14-17-23(9,19(24)15-2)20(26-28(12,13)22(6,7)8)16-18-25-27(10,11)21(3,4)5/h14,20H,1,15-18H2,2-13H3/t20-,23+/m0/s1. The maximum absolute atomic E-state index is 13.0. The number of carbonyl (C=O) groups excluding carboxylic acids is 1. The number of allylic oxidation sites excluding steroid dienone is 1. The van der Waals surface area contributed by atoms with Gasteiger partial charge in [0, 0.05) is 13.0 Å². The maximum Gasteiger partial charge on any atom is 0.192 e. The number of carbonyl (C=O) groups is 1. The van der Waals surface area contributed by atoms with Crippen LogP contribution in [0.25, 0.3) is 0 Å². The fourth-order valence-corrected chi connectivity index (χ4v) is 5.31. The largest absolute Gasteiger partial charge is 0.417 e. The molecular weight excluding hydrogens is 380 g/mol. The molecule has 0 aromatic heterocycles. The van der Waals surface area contributed by atoms with Gasteiger partial charge in [0.05, 0.1) is 11.5 Å². The van der Waals surface area contributed by atoms with Crippen molar-refractivity contribution in [2.75, 3.05) is 6.61 Å². The fourth-order valence-electron chi connectivity index (χ4n) is 2.81. The minimum absolute atomic E-state index is 0.0931. The summed E-state index contributed by atoms with van der Waals surface area (Å²) < 4.78 is 13.3. The normalized spacial score (nSPS) is 17.1. The first kappa shape index (κ1) is 27.8. The van der Waals surface area contributed by atoms with E-state index in [0.717, 1.165) is 6.42 Å². The molecule has 0 spiro atoms. The Hall–Kier alpha value is -0.236. The molecule has 0 N–H and O–H groups in total. The molecule has 0 heterocycles. The van der Waals surface area contributed by atoms with Crippen molar-refractivity contribution < 1.29 is 13.6 Å². The second kappa shape index (κ2) is 9.71. The molecule has 0 aliphatic rings. The van der Waals surface area contributed by atoms with Gasteiger partial charge in [-0.2, -0.15) is 0 Å². The Morgan fingerprint density at radius 3 is 1.79 bits per heavy atom. The van der Waals surface area contributed by atoms with Gasteiger partial charge in [-0.15, -0.1) is 6.58 Å². The molecule has 0 aromatic carbocycles. The molecule has 0 fully saturated rings. The summed E-state index contributed by atoms with van der Waals surface area (Å²) in [5.41, 5.74) is -0.553. The molecule has 28 heavy (non-hydrogen) atoms. The molecule has 0 saturated carbocycles. The summed E-state index contributed by atoms with van der Waals surface area (Å²) >= 11 is 0. The highest BCUT2D eigenvalue weighted by Crippen LogP contribution is 2.43. The average Bonchev–Trinajstić information content (AvgIpc) is 2.50. The van der Waals surface area contributed by atoms with Crippen LogP contribution in [-0.2, 0) is 13.6 Å². The van der Waals surface area contributed by atoms with E-state index in [-0.39, 0.29) is 22.0 Å². The quantitative estimate of drug-likeness (QED) is 0.255. The zero-order valence-corrected chi connectivity index (χ0v) is 22.9. The van der Waals surface area contributed by atoms with Gasteiger partial charge in [0.2, 0.25) is 0 Å². The van der Waals surface area contributed by atoms with Crippen molar-refractivity contribution in [1.82, 2.24) is 0 Å². The van der Waals surface area contributed by atoms with Crippen molar-refractivity contribution >= 4 is 22.4 Å². The first-order valence-electron chi connectivity index (χ1n) is 10.8. The Morgan fingerprint density at radius 1 is 0.964 bits per heavy atom. The van der Waals surface area contributed by atoms with Gasteiger partial charge in [-0.1, -0.05) is 54.5 Å². The lowest BCUT2D eigenvalue weighted by atomic mass is 9.75. The summed E-state index contributed by atoms with van der Waals surface area (Å²) in [6.07, 6.45) is 3.62. The molecule has 166 valence electrons. The first-order chi connectivity index (χ1) is 12.4. The van der Waals surface area contributed by atoms with Gasteiger partial charge in [0.1, 0.15) is 5.78 Å². The first-order valence-corrected chi connectivity index (χ1v) is 16.6. The van der Waals surface area contributed by atoms with Crippen molar-refractivity contribution in [3.8, 4) is 0 Å². The molecule has 0 amide bonds. The number of hydrogen-bond acceptors (Lipinski definition) is 3. The van der Waals surface area contributed by atoms with E-state index in [4.69, 9.17) is 8.85 Å². The van der Waals surface area contributed by atoms with Gasteiger partial charge in [0.15, 0.2) is 16.6 Å². The number of Topliss-reactive ketones (excluding diaryl/α,β-unsaturated/α-hetero) is 1. The molecule has 0 saturated heterocycles. The highest BCUT2D eigenvalue weighted by Gasteiger charge is 2.46. The van der Waals surface area contributed by atoms with Crippen LogP contribution in [0.5, 0.6) is 0 Å². The monoisotopic (exact) mass is 428 g/mol. The molecule has 0 unspecified atom stereocenters. The summed E-state index contributed by atoms with van der Waals surface area (Å²) in [7, 11) is -3.86. The molecule has 3 nitrogen and oxygen atoms in total. The fraction of sp³-hybridized carbons (Fsp3) is 0.870. The molecule has 0 aromatic rings. The minimum atomic E-state index is -2.03. The lowest BCUT2D eigenvalue weighted by molar-refractivity contribution is -0.133. The zero-order chi connectivity index (χ0) is 22.6. The van der Waals surface area contributed by atoms with Gasteiger partial charge in [-0.25, -0.2) is 0 Å². The van der Waals surface area contributed by atoms with Crippen LogP contribution in [0.3, 0.4) is 0 Å². The third-order valence-corrected chi connectivity index (χ3v) is 16.2. The Bertz CT molecular complexity index is 527. The number of ketones is 1. The summed E-state index contributed by atoms with van der Waals surface area (Å²) in [5.74, 6) is 0.253. The van der Waals surface area contributed by atoms with Crippen molar-refractivity contribution in [3.05, 3.63) is 12.7 Å². The molecule has 0 rings (SSSR count). The number of hydrogen-bond donors (Lipinski definition) is 0. The van der Waals surface area contributed by atoms with E-state index in [0.29, 0.717) is 19.4 Å². The summed E-state index contributed by atoms with van der Waals surface area (Å²) in [6.45, 7) is 31.1. The van der Waals surface area contributed by atoms with Crippen LogP contribution in [-0.4, -0.2) is 35.1 Å². The topological polar surface area (TPSA) is 35.5 Å². The van der Waals surface area contributed by atoms with Crippen LogP contribution in [0.4, 0.5) is 0 Å². The Kier molecular flexibility index (Phi) is 9.63. The van der Waals surface area contributed by atoms with Crippen molar-refractivity contribution in [1.29, 1.82) is 0 Å². The Balaban J connectivity index is 5.74. The summed E-state index contributed by atoms with van der Waals surface area (Å²) in [5, 5.41) is 0.266. The molecule has 2 atom stereocenters. The van der Waals surface area contributed by atoms with Gasteiger partial charge in [-0.05, 0) is 56.0 Å². The van der Waals surface area contributed by atoms with Crippen LogP contribution in [0.2, 0.25) is 36.3 Å². The average molecular weight is 429 g/mol.